The number of carboxylic acid groups (broad SMARTS) is 4. The van der Waals surface area contributed by atoms with Gasteiger partial charge in [0, 0.05) is 48.1 Å². The summed E-state index contributed by atoms with van der Waals surface area (Å²) in [5.74, 6) is -5.41. The third-order valence-electron chi connectivity index (χ3n) is 8.50. The van der Waals surface area contributed by atoms with Crippen molar-refractivity contribution in [2.24, 2.45) is 0 Å². The van der Waals surface area contributed by atoms with E-state index >= 15 is 0 Å². The van der Waals surface area contributed by atoms with Gasteiger partial charge in [-0.1, -0.05) is 24.3 Å². The number of nitrogens with zero attached hydrogens (tertiary/aromatic N) is 2. The topological polar surface area (TPSA) is 247 Å². The average molecular weight is 730 g/mol. The molecule has 5 rings (SSSR count). The molecule has 1 aliphatic rings. The van der Waals surface area contributed by atoms with Gasteiger partial charge >= 0.3 is 23.9 Å². The molecule has 0 aromatic heterocycles. The second-order valence-electron chi connectivity index (χ2n) is 12.1. The molecule has 4 aromatic rings. The average Bonchev–Trinajstić information content (AvgIpc) is 3.09. The number of carbonyl (C=O) groups excluding carboxylic acids is 1. The number of anilines is 1. The van der Waals surface area contributed by atoms with Crippen LogP contribution in [0.2, 0.25) is 0 Å². The van der Waals surface area contributed by atoms with Crippen LogP contribution in [0.15, 0.2) is 72.8 Å². The Labute approximate surface area is 301 Å². The van der Waals surface area contributed by atoms with E-state index in [1.165, 1.54) is 19.2 Å². The van der Waals surface area contributed by atoms with Crippen LogP contribution in [0.5, 0.6) is 28.7 Å². The Morgan fingerprint density at radius 3 is 1.75 bits per heavy atom. The highest BCUT2D eigenvalue weighted by Crippen LogP contribution is 2.57. The zero-order valence-electron chi connectivity index (χ0n) is 28.2. The van der Waals surface area contributed by atoms with Crippen molar-refractivity contribution in [3.8, 4) is 28.7 Å². The molecule has 0 radical (unpaired) electrons. The number of hydrogen-bond acceptors (Lipinski definition) is 12. The van der Waals surface area contributed by atoms with Crippen molar-refractivity contribution < 1.29 is 63.7 Å². The molecule has 276 valence electrons. The lowest BCUT2D eigenvalue weighted by Gasteiger charge is -2.42. The van der Waals surface area contributed by atoms with E-state index in [-0.39, 0.29) is 51.6 Å². The number of aromatic hydroxyl groups is 1. The summed E-state index contributed by atoms with van der Waals surface area (Å²) in [6.07, 6.45) is 0.620. The van der Waals surface area contributed by atoms with E-state index in [1.807, 2.05) is 0 Å². The number of rotatable bonds is 17. The first kappa shape index (κ1) is 37.8. The first-order valence-electron chi connectivity index (χ1n) is 15.9. The number of phenolic OH excluding ortho intramolecular Hbond substituents is 1. The van der Waals surface area contributed by atoms with Crippen molar-refractivity contribution in [2.75, 3.05) is 39.0 Å². The molecule has 1 atom stereocenters. The van der Waals surface area contributed by atoms with Crippen LogP contribution < -0.4 is 15.2 Å². The molecule has 0 fully saturated rings. The minimum atomic E-state index is -1.72. The quantitative estimate of drug-likeness (QED) is 0.0672. The fourth-order valence-corrected chi connectivity index (χ4v) is 6.41. The van der Waals surface area contributed by atoms with Crippen molar-refractivity contribution in [3.05, 3.63) is 106 Å². The van der Waals surface area contributed by atoms with Crippen molar-refractivity contribution in [3.63, 3.8) is 0 Å². The Kier molecular flexibility index (Phi) is 11.3. The maximum absolute atomic E-state index is 12.5. The lowest BCUT2D eigenvalue weighted by molar-refractivity contribution is -0.144. The number of nitrogens with two attached hydrogens (primary N) is 1. The van der Waals surface area contributed by atoms with Gasteiger partial charge in [0.2, 0.25) is 0 Å². The van der Waals surface area contributed by atoms with Gasteiger partial charge in [-0.25, -0.2) is 0 Å². The minimum Gasteiger partial charge on any atom is -0.507 e. The van der Waals surface area contributed by atoms with Crippen LogP contribution in [0.1, 0.15) is 38.2 Å². The normalized spacial score (nSPS) is 14.5. The third kappa shape index (κ3) is 8.04. The third-order valence-corrected chi connectivity index (χ3v) is 8.50. The summed E-state index contributed by atoms with van der Waals surface area (Å²) in [6.45, 7) is -3.68. The minimum absolute atomic E-state index is 0.0244. The summed E-state index contributed by atoms with van der Waals surface area (Å²) in [4.78, 5) is 62.0. The number of carbonyl (C=O) groups is 5. The molecule has 53 heavy (non-hydrogen) atoms. The van der Waals surface area contributed by atoms with Crippen molar-refractivity contribution in [1.82, 2.24) is 9.80 Å². The molecule has 16 heteroatoms. The molecule has 0 spiro atoms. The molecule has 1 aliphatic heterocycles. The zero-order chi connectivity index (χ0) is 38.4. The Balaban J connectivity index is 1.85. The standard InChI is InChI=1S/C37H35N3O13/c1-51-37(26-5-3-2-4-21(26)20-41)27-10-12-29(42)24(14-39(16-31(43)44)17-32(45)46)35(27)53-36-25(15-40(18-33(47)48)19-34(49)50)30(13-11-28(36)37)52-23-8-6-22(38)7-9-23/h2-13,20,42H,14-19,38H2,1H3,(H,43,44)(H,45,46)(H,47,48)(H,49,50). The molecule has 7 N–H and O–H groups in total. The highest BCUT2D eigenvalue weighted by molar-refractivity contribution is 5.81. The van der Waals surface area contributed by atoms with Gasteiger partial charge in [0.25, 0.3) is 0 Å². The van der Waals surface area contributed by atoms with Crippen LogP contribution in [0.25, 0.3) is 0 Å². The summed E-state index contributed by atoms with van der Waals surface area (Å²) in [5.41, 5.74) is 5.73. The predicted octanol–water partition coefficient (Wildman–Crippen LogP) is 3.57. The molecule has 0 bridgehead atoms. The summed E-state index contributed by atoms with van der Waals surface area (Å²) in [5, 5.41) is 49.8. The largest absolute Gasteiger partial charge is 0.507 e. The van der Waals surface area contributed by atoms with E-state index in [9.17, 15) is 49.5 Å². The number of nitrogen functional groups attached to an aromatic ring is 1. The lowest BCUT2D eigenvalue weighted by Crippen LogP contribution is -2.38. The summed E-state index contributed by atoms with van der Waals surface area (Å²) in [6, 6.07) is 18.8. The zero-order valence-corrected chi connectivity index (χ0v) is 28.2. The molecule has 1 heterocycles. The molecule has 0 amide bonds. The Morgan fingerprint density at radius 1 is 0.717 bits per heavy atom. The van der Waals surface area contributed by atoms with Crippen LogP contribution in [0.3, 0.4) is 0 Å². The van der Waals surface area contributed by atoms with Crippen molar-refractivity contribution in [2.45, 2.75) is 18.7 Å². The summed E-state index contributed by atoms with van der Waals surface area (Å²) < 4.78 is 19.2. The Morgan fingerprint density at radius 2 is 1.23 bits per heavy atom. The smallest absolute Gasteiger partial charge is 0.317 e. The fourth-order valence-electron chi connectivity index (χ4n) is 6.41. The first-order chi connectivity index (χ1) is 25.3. The van der Waals surface area contributed by atoms with Gasteiger partial charge in [-0.05, 0) is 48.5 Å². The Bertz CT molecular complexity index is 2040. The van der Waals surface area contributed by atoms with E-state index in [0.717, 1.165) is 9.80 Å². The highest BCUT2D eigenvalue weighted by Gasteiger charge is 2.48. The lowest BCUT2D eigenvalue weighted by atomic mass is 9.74. The molecule has 0 saturated heterocycles. The van der Waals surface area contributed by atoms with Gasteiger partial charge in [0.05, 0.1) is 37.3 Å². The number of aldehydes is 1. The molecular weight excluding hydrogens is 694 g/mol. The van der Waals surface area contributed by atoms with Gasteiger partial charge in [0.15, 0.2) is 5.60 Å². The molecule has 1 unspecified atom stereocenters. The number of fused-ring (bicyclic) bond motifs is 2. The highest BCUT2D eigenvalue weighted by atomic mass is 16.5. The predicted molar refractivity (Wildman–Crippen MR) is 185 cm³/mol. The van der Waals surface area contributed by atoms with Gasteiger partial charge in [0.1, 0.15) is 35.0 Å². The number of phenols is 1. The van der Waals surface area contributed by atoms with Gasteiger partial charge < -0.3 is 45.5 Å². The number of benzene rings is 4. The first-order valence-corrected chi connectivity index (χ1v) is 15.9. The number of aliphatic carboxylic acids is 4. The number of hydrogen-bond donors (Lipinski definition) is 6. The second kappa shape index (κ2) is 15.8. The van der Waals surface area contributed by atoms with Crippen LogP contribution in [-0.2, 0) is 42.6 Å². The molecular formula is C37H35N3O13. The van der Waals surface area contributed by atoms with E-state index < -0.39 is 68.0 Å². The van der Waals surface area contributed by atoms with Gasteiger partial charge in [-0.2, -0.15) is 0 Å². The molecule has 0 saturated carbocycles. The maximum atomic E-state index is 12.5. The van der Waals surface area contributed by atoms with E-state index in [0.29, 0.717) is 23.3 Å². The van der Waals surface area contributed by atoms with E-state index in [2.05, 4.69) is 0 Å². The SMILES string of the molecule is COC1(c2ccccc2C=O)c2ccc(O)c(CN(CC(=O)O)CC(=O)O)c2Oc2c1ccc(Oc1ccc(N)cc1)c2CN(CC(=O)O)CC(=O)O. The number of ether oxygens (including phenoxy) is 3. The van der Waals surface area contributed by atoms with E-state index in [4.69, 9.17) is 19.9 Å². The van der Waals surface area contributed by atoms with Gasteiger partial charge in [-0.15, -0.1) is 0 Å². The van der Waals surface area contributed by atoms with Crippen molar-refractivity contribution >= 4 is 35.9 Å². The van der Waals surface area contributed by atoms with E-state index in [1.54, 1.807) is 60.7 Å². The van der Waals surface area contributed by atoms with Crippen molar-refractivity contribution in [1.29, 1.82) is 0 Å². The molecule has 16 nitrogen and oxygen atoms in total. The molecule has 0 aliphatic carbocycles. The van der Waals surface area contributed by atoms with Crippen LogP contribution in [0.4, 0.5) is 5.69 Å². The fraction of sp³-hybridized carbons (Fsp3) is 0.216. The van der Waals surface area contributed by atoms with Crippen LogP contribution >= 0.6 is 0 Å². The summed E-state index contributed by atoms with van der Waals surface area (Å²) in [7, 11) is 1.37. The number of methoxy groups -OCH3 is 1. The second-order valence-corrected chi connectivity index (χ2v) is 12.1. The van der Waals surface area contributed by atoms with Crippen LogP contribution in [0, 0.1) is 0 Å². The van der Waals surface area contributed by atoms with Crippen LogP contribution in [-0.4, -0.2) is 98.8 Å². The Hall–Kier alpha value is -6.49. The summed E-state index contributed by atoms with van der Waals surface area (Å²) >= 11 is 0. The maximum Gasteiger partial charge on any atom is 0.317 e. The van der Waals surface area contributed by atoms with Gasteiger partial charge in [-0.3, -0.25) is 33.8 Å². The molecule has 4 aromatic carbocycles. The monoisotopic (exact) mass is 729 g/mol. The number of carboxylic acids is 4.